The highest BCUT2D eigenvalue weighted by Gasteiger charge is 2.26. The summed E-state index contributed by atoms with van der Waals surface area (Å²) in [5, 5.41) is 7.39. The summed E-state index contributed by atoms with van der Waals surface area (Å²) in [6.07, 6.45) is 4.43. The molecule has 0 saturated carbocycles. The SMILES string of the molecule is CCc1nc(CN(C)C(=O)[C@@H](c2ccccc2)n2cccn2)cs1. The smallest absolute Gasteiger partial charge is 0.252 e. The lowest BCUT2D eigenvalue weighted by atomic mass is 10.1. The van der Waals surface area contributed by atoms with Crippen molar-refractivity contribution >= 4 is 17.2 Å². The van der Waals surface area contributed by atoms with E-state index in [1.54, 1.807) is 27.1 Å². The predicted molar refractivity (Wildman–Crippen MR) is 94.8 cm³/mol. The summed E-state index contributed by atoms with van der Waals surface area (Å²) >= 11 is 1.64. The number of benzene rings is 1. The Morgan fingerprint density at radius 1 is 1.29 bits per heavy atom. The second kappa shape index (κ2) is 7.40. The minimum absolute atomic E-state index is 0.00375. The first-order valence-electron chi connectivity index (χ1n) is 7.91. The van der Waals surface area contributed by atoms with Crippen LogP contribution in [0.5, 0.6) is 0 Å². The first-order valence-corrected chi connectivity index (χ1v) is 8.79. The zero-order chi connectivity index (χ0) is 16.9. The number of aryl methyl sites for hydroxylation is 1. The fourth-order valence-electron chi connectivity index (χ4n) is 2.59. The molecular weight excluding hydrogens is 320 g/mol. The first kappa shape index (κ1) is 16.4. The molecule has 0 bridgehead atoms. The van der Waals surface area contributed by atoms with Crippen LogP contribution in [0.3, 0.4) is 0 Å². The van der Waals surface area contributed by atoms with Crippen molar-refractivity contribution < 1.29 is 4.79 Å². The molecule has 124 valence electrons. The third-order valence-electron chi connectivity index (χ3n) is 3.82. The molecule has 24 heavy (non-hydrogen) atoms. The first-order chi connectivity index (χ1) is 11.7. The summed E-state index contributed by atoms with van der Waals surface area (Å²) in [5.41, 5.74) is 1.85. The minimum atomic E-state index is -0.463. The molecule has 0 saturated heterocycles. The van der Waals surface area contributed by atoms with Gasteiger partial charge in [0.1, 0.15) is 0 Å². The maximum atomic E-state index is 13.1. The number of hydrogen-bond donors (Lipinski definition) is 0. The van der Waals surface area contributed by atoms with Gasteiger partial charge in [-0.1, -0.05) is 37.3 Å². The van der Waals surface area contributed by atoms with Gasteiger partial charge in [-0.3, -0.25) is 9.48 Å². The molecule has 1 amide bonds. The summed E-state index contributed by atoms with van der Waals surface area (Å²) in [6, 6.07) is 11.1. The van der Waals surface area contributed by atoms with E-state index in [1.807, 2.05) is 55.0 Å². The van der Waals surface area contributed by atoms with Crippen LogP contribution < -0.4 is 0 Å². The van der Waals surface area contributed by atoms with Gasteiger partial charge in [0.15, 0.2) is 6.04 Å². The Bertz CT molecular complexity index is 782. The van der Waals surface area contributed by atoms with Gasteiger partial charge in [0.2, 0.25) is 0 Å². The van der Waals surface area contributed by atoms with Crippen LogP contribution in [0.4, 0.5) is 0 Å². The quantitative estimate of drug-likeness (QED) is 0.693. The van der Waals surface area contributed by atoms with E-state index < -0.39 is 6.04 Å². The monoisotopic (exact) mass is 340 g/mol. The van der Waals surface area contributed by atoms with E-state index in [9.17, 15) is 4.79 Å². The predicted octanol–water partition coefficient (Wildman–Crippen LogP) is 3.15. The molecule has 0 aliphatic rings. The van der Waals surface area contributed by atoms with Crippen LogP contribution in [0.15, 0.2) is 54.2 Å². The largest absolute Gasteiger partial charge is 0.338 e. The van der Waals surface area contributed by atoms with Gasteiger partial charge in [0.05, 0.1) is 17.2 Å². The molecule has 0 fully saturated rings. The highest BCUT2D eigenvalue weighted by Crippen LogP contribution is 2.21. The average molecular weight is 340 g/mol. The maximum Gasteiger partial charge on any atom is 0.252 e. The number of rotatable bonds is 6. The van der Waals surface area contributed by atoms with Crippen molar-refractivity contribution in [3.63, 3.8) is 0 Å². The molecule has 0 radical (unpaired) electrons. The van der Waals surface area contributed by atoms with Gasteiger partial charge in [-0.05, 0) is 18.1 Å². The number of amides is 1. The number of carbonyl (C=O) groups is 1. The molecule has 2 aromatic heterocycles. The Morgan fingerprint density at radius 2 is 2.08 bits per heavy atom. The van der Waals surface area contributed by atoms with Crippen molar-refractivity contribution in [2.24, 2.45) is 0 Å². The Morgan fingerprint density at radius 3 is 2.71 bits per heavy atom. The zero-order valence-corrected chi connectivity index (χ0v) is 14.6. The molecule has 0 N–H and O–H groups in total. The van der Waals surface area contributed by atoms with E-state index in [0.717, 1.165) is 22.7 Å². The number of thiazole rings is 1. The van der Waals surface area contributed by atoms with Crippen molar-refractivity contribution in [2.75, 3.05) is 7.05 Å². The molecule has 3 rings (SSSR count). The van der Waals surface area contributed by atoms with Crippen molar-refractivity contribution in [1.82, 2.24) is 19.7 Å². The number of nitrogens with zero attached hydrogens (tertiary/aromatic N) is 4. The Balaban J connectivity index is 1.83. The van der Waals surface area contributed by atoms with E-state index in [2.05, 4.69) is 17.0 Å². The van der Waals surface area contributed by atoms with Crippen LogP contribution in [0.1, 0.15) is 29.2 Å². The summed E-state index contributed by atoms with van der Waals surface area (Å²) in [4.78, 5) is 19.3. The van der Waals surface area contributed by atoms with Gasteiger partial charge >= 0.3 is 0 Å². The standard InChI is InChI=1S/C18H20N4OS/c1-3-16-20-15(13-24-16)12-21(2)18(23)17(22-11-7-10-19-22)14-8-5-4-6-9-14/h4-11,13,17H,3,12H2,1-2H3/t17-/m1/s1. The third-order valence-corrected chi connectivity index (χ3v) is 4.86. The highest BCUT2D eigenvalue weighted by atomic mass is 32.1. The van der Waals surface area contributed by atoms with Crippen LogP contribution in [0.2, 0.25) is 0 Å². The molecule has 1 aromatic carbocycles. The molecule has 6 heteroatoms. The fourth-order valence-corrected chi connectivity index (χ4v) is 3.33. The van der Waals surface area contributed by atoms with Gasteiger partial charge in [0.25, 0.3) is 5.91 Å². The van der Waals surface area contributed by atoms with E-state index >= 15 is 0 Å². The van der Waals surface area contributed by atoms with Gasteiger partial charge < -0.3 is 4.90 Å². The molecule has 0 aliphatic carbocycles. The van der Waals surface area contributed by atoms with Crippen molar-refractivity contribution in [2.45, 2.75) is 25.9 Å². The van der Waals surface area contributed by atoms with Gasteiger partial charge in [-0.2, -0.15) is 5.10 Å². The number of likely N-dealkylation sites (N-methyl/N-ethyl adjacent to an activating group) is 1. The van der Waals surface area contributed by atoms with Crippen LogP contribution in [0, 0.1) is 0 Å². The zero-order valence-electron chi connectivity index (χ0n) is 13.8. The van der Waals surface area contributed by atoms with Gasteiger partial charge in [-0.15, -0.1) is 11.3 Å². The van der Waals surface area contributed by atoms with Crippen molar-refractivity contribution in [3.8, 4) is 0 Å². The van der Waals surface area contributed by atoms with Crippen molar-refractivity contribution in [3.05, 3.63) is 70.4 Å². The minimum Gasteiger partial charge on any atom is -0.338 e. The molecule has 5 nitrogen and oxygen atoms in total. The Labute approximate surface area is 145 Å². The Hall–Kier alpha value is -2.47. The molecule has 0 unspecified atom stereocenters. The maximum absolute atomic E-state index is 13.1. The molecular formula is C18H20N4OS. The second-order valence-electron chi connectivity index (χ2n) is 5.58. The lowest BCUT2D eigenvalue weighted by molar-refractivity contribution is -0.133. The van der Waals surface area contributed by atoms with Crippen LogP contribution in [0.25, 0.3) is 0 Å². The van der Waals surface area contributed by atoms with Crippen LogP contribution in [-0.2, 0) is 17.8 Å². The molecule has 0 aliphatic heterocycles. The van der Waals surface area contributed by atoms with E-state index in [1.165, 1.54) is 0 Å². The van der Waals surface area contributed by atoms with E-state index in [4.69, 9.17) is 0 Å². The molecule has 3 aromatic rings. The van der Waals surface area contributed by atoms with Gasteiger partial charge in [0, 0.05) is 24.8 Å². The highest BCUT2D eigenvalue weighted by molar-refractivity contribution is 7.09. The number of carbonyl (C=O) groups excluding carboxylic acids is 1. The lowest BCUT2D eigenvalue weighted by Crippen LogP contribution is -2.35. The summed E-state index contributed by atoms with van der Waals surface area (Å²) in [6.45, 7) is 2.58. The molecule has 1 atom stereocenters. The lowest BCUT2D eigenvalue weighted by Gasteiger charge is -2.24. The summed E-state index contributed by atoms with van der Waals surface area (Å²) in [7, 11) is 1.81. The normalized spacial score (nSPS) is 12.1. The average Bonchev–Trinajstić information content (AvgIpc) is 3.28. The number of hydrogen-bond acceptors (Lipinski definition) is 4. The van der Waals surface area contributed by atoms with Crippen LogP contribution in [-0.4, -0.2) is 32.6 Å². The molecule has 0 spiro atoms. The number of aromatic nitrogens is 3. The summed E-state index contributed by atoms with van der Waals surface area (Å²) in [5.74, 6) is -0.00375. The second-order valence-corrected chi connectivity index (χ2v) is 6.52. The van der Waals surface area contributed by atoms with E-state index in [-0.39, 0.29) is 5.91 Å². The van der Waals surface area contributed by atoms with E-state index in [0.29, 0.717) is 6.54 Å². The van der Waals surface area contributed by atoms with Crippen molar-refractivity contribution in [1.29, 1.82) is 0 Å². The molecule has 2 heterocycles. The summed E-state index contributed by atoms with van der Waals surface area (Å²) < 4.78 is 1.70. The Kier molecular flexibility index (Phi) is 5.05. The van der Waals surface area contributed by atoms with Crippen LogP contribution >= 0.6 is 11.3 Å². The van der Waals surface area contributed by atoms with Gasteiger partial charge in [-0.25, -0.2) is 4.98 Å². The fraction of sp³-hybridized carbons (Fsp3) is 0.278. The topological polar surface area (TPSA) is 51.0 Å². The third kappa shape index (κ3) is 3.54.